The van der Waals surface area contributed by atoms with Crippen LogP contribution in [0.25, 0.3) is 0 Å². The highest BCUT2D eigenvalue weighted by atomic mass is 16.5. The zero-order chi connectivity index (χ0) is 20.1. The number of benzene rings is 1. The van der Waals surface area contributed by atoms with Gasteiger partial charge in [0.05, 0.1) is 12.5 Å². The third kappa shape index (κ3) is 4.19. The molecule has 2 saturated heterocycles. The van der Waals surface area contributed by atoms with Gasteiger partial charge in [0, 0.05) is 51.4 Å². The van der Waals surface area contributed by atoms with Gasteiger partial charge in [0.15, 0.2) is 0 Å². The van der Waals surface area contributed by atoms with Crippen molar-refractivity contribution in [2.24, 2.45) is 0 Å². The molecule has 1 aromatic heterocycles. The number of hydrogen-bond acceptors (Lipinski definition) is 6. The fourth-order valence-electron chi connectivity index (χ4n) is 4.24. The fraction of sp³-hybridized carbons (Fsp3) is 0.500. The Morgan fingerprint density at radius 3 is 2.55 bits per heavy atom. The molecule has 0 saturated carbocycles. The van der Waals surface area contributed by atoms with Crippen LogP contribution in [0.15, 0.2) is 42.6 Å². The van der Waals surface area contributed by atoms with Crippen molar-refractivity contribution in [2.75, 3.05) is 33.4 Å². The molecular weight excluding hydrogens is 370 g/mol. The summed E-state index contributed by atoms with van der Waals surface area (Å²) in [6.07, 6.45) is 4.66. The van der Waals surface area contributed by atoms with Crippen LogP contribution in [0.2, 0.25) is 0 Å². The summed E-state index contributed by atoms with van der Waals surface area (Å²) >= 11 is 0. The molecule has 0 atom stereocenters. The van der Waals surface area contributed by atoms with E-state index in [1.165, 1.54) is 7.11 Å². The van der Waals surface area contributed by atoms with E-state index in [0.717, 1.165) is 31.2 Å². The van der Waals surface area contributed by atoms with Gasteiger partial charge >= 0.3 is 6.01 Å². The Labute approximate surface area is 171 Å². The second-order valence-corrected chi connectivity index (χ2v) is 7.55. The number of likely N-dealkylation sites (tertiary alicyclic amines) is 1. The van der Waals surface area contributed by atoms with Crippen molar-refractivity contribution in [3.63, 3.8) is 0 Å². The van der Waals surface area contributed by atoms with E-state index in [2.05, 4.69) is 22.1 Å². The normalized spacial score (nSPS) is 19.6. The third-order valence-electron chi connectivity index (χ3n) is 5.89. The molecule has 2 aliphatic heterocycles. The molecule has 1 aromatic carbocycles. The van der Waals surface area contributed by atoms with Crippen LogP contribution < -0.4 is 9.47 Å². The average Bonchev–Trinajstić information content (AvgIpc) is 2.80. The van der Waals surface area contributed by atoms with Crippen LogP contribution >= 0.6 is 0 Å². The lowest BCUT2D eigenvalue weighted by Crippen LogP contribution is -2.53. The van der Waals surface area contributed by atoms with Gasteiger partial charge in [-0.05, 0) is 18.4 Å². The minimum absolute atomic E-state index is 0.0287. The fourth-order valence-corrected chi connectivity index (χ4v) is 4.24. The summed E-state index contributed by atoms with van der Waals surface area (Å²) in [7, 11) is 1.53. The van der Waals surface area contributed by atoms with Gasteiger partial charge in [0.2, 0.25) is 11.8 Å². The van der Waals surface area contributed by atoms with Gasteiger partial charge in [-0.2, -0.15) is 4.98 Å². The van der Waals surface area contributed by atoms with Gasteiger partial charge in [-0.25, -0.2) is 4.98 Å². The topological polar surface area (TPSA) is 73.8 Å². The van der Waals surface area contributed by atoms with Crippen LogP contribution in [0, 0.1) is 0 Å². The lowest BCUT2D eigenvalue weighted by Gasteiger charge is -2.42. The Morgan fingerprint density at radius 1 is 1.14 bits per heavy atom. The lowest BCUT2D eigenvalue weighted by molar-refractivity contribution is -0.143. The summed E-state index contributed by atoms with van der Waals surface area (Å²) in [5.41, 5.74) is 0.618. The van der Waals surface area contributed by atoms with Crippen LogP contribution in [-0.4, -0.2) is 60.3 Å². The third-order valence-corrected chi connectivity index (χ3v) is 5.89. The standard InChI is InChI=1S/C22H27N3O4/c1-27-21-23-12-7-19(24-21)29-18-8-13-25(14-9-18)20(26)22(10-15-28-16-11-22)17-5-3-2-4-6-17/h2-7,12,18H,8-11,13-16H2,1H3. The van der Waals surface area contributed by atoms with Gasteiger partial charge in [-0.15, -0.1) is 0 Å². The van der Waals surface area contributed by atoms with Crippen molar-refractivity contribution < 1.29 is 19.0 Å². The molecule has 29 heavy (non-hydrogen) atoms. The first-order chi connectivity index (χ1) is 14.2. The summed E-state index contributed by atoms with van der Waals surface area (Å²) in [5.74, 6) is 0.723. The highest BCUT2D eigenvalue weighted by Crippen LogP contribution is 2.37. The maximum absolute atomic E-state index is 13.6. The lowest BCUT2D eigenvalue weighted by atomic mass is 9.72. The number of aromatic nitrogens is 2. The van der Waals surface area contributed by atoms with Crippen LogP contribution in [0.5, 0.6) is 11.9 Å². The second kappa shape index (κ2) is 8.78. The SMILES string of the molecule is COc1nccc(OC2CCN(C(=O)C3(c4ccccc4)CCOCC3)CC2)n1. The first-order valence-corrected chi connectivity index (χ1v) is 10.2. The molecule has 0 unspecified atom stereocenters. The molecule has 7 nitrogen and oxygen atoms in total. The van der Waals surface area contributed by atoms with Crippen molar-refractivity contribution in [2.45, 2.75) is 37.2 Å². The molecule has 2 aromatic rings. The van der Waals surface area contributed by atoms with Crippen LogP contribution in [0.1, 0.15) is 31.2 Å². The van der Waals surface area contributed by atoms with Crippen LogP contribution in [0.3, 0.4) is 0 Å². The van der Waals surface area contributed by atoms with E-state index in [1.807, 2.05) is 23.1 Å². The predicted molar refractivity (Wildman–Crippen MR) is 107 cm³/mol. The number of carbonyl (C=O) groups excluding carboxylic acids is 1. The van der Waals surface area contributed by atoms with Crippen LogP contribution in [0.4, 0.5) is 0 Å². The van der Waals surface area contributed by atoms with E-state index in [4.69, 9.17) is 14.2 Å². The van der Waals surface area contributed by atoms with E-state index < -0.39 is 5.41 Å². The molecule has 0 spiro atoms. The van der Waals surface area contributed by atoms with E-state index in [0.29, 0.717) is 38.2 Å². The monoisotopic (exact) mass is 397 g/mol. The van der Waals surface area contributed by atoms with E-state index in [-0.39, 0.29) is 12.0 Å². The van der Waals surface area contributed by atoms with Gasteiger partial charge in [-0.1, -0.05) is 30.3 Å². The molecule has 0 aliphatic carbocycles. The van der Waals surface area contributed by atoms with Gasteiger partial charge < -0.3 is 19.1 Å². The van der Waals surface area contributed by atoms with E-state index in [9.17, 15) is 4.79 Å². The molecule has 7 heteroatoms. The highest BCUT2D eigenvalue weighted by molar-refractivity contribution is 5.88. The zero-order valence-electron chi connectivity index (χ0n) is 16.8. The molecule has 0 N–H and O–H groups in total. The summed E-state index contributed by atoms with van der Waals surface area (Å²) in [4.78, 5) is 23.8. The number of carbonyl (C=O) groups is 1. The van der Waals surface area contributed by atoms with Gasteiger partial charge in [-0.3, -0.25) is 4.79 Å². The second-order valence-electron chi connectivity index (χ2n) is 7.55. The number of ether oxygens (including phenoxy) is 3. The molecule has 2 fully saturated rings. The Bertz CT molecular complexity index is 816. The van der Waals surface area contributed by atoms with E-state index in [1.54, 1.807) is 12.3 Å². The number of nitrogens with zero attached hydrogens (tertiary/aromatic N) is 3. The molecule has 154 valence electrons. The number of amides is 1. The van der Waals surface area contributed by atoms with Gasteiger partial charge in [0.25, 0.3) is 0 Å². The molecule has 0 bridgehead atoms. The van der Waals surface area contributed by atoms with Crippen LogP contribution in [-0.2, 0) is 14.9 Å². The average molecular weight is 397 g/mol. The van der Waals surface area contributed by atoms with Crippen molar-refractivity contribution in [3.8, 4) is 11.9 Å². The molecule has 2 aliphatic rings. The number of rotatable bonds is 5. The van der Waals surface area contributed by atoms with Crippen molar-refractivity contribution in [1.29, 1.82) is 0 Å². The first kappa shape index (κ1) is 19.6. The summed E-state index contributed by atoms with van der Waals surface area (Å²) < 4.78 is 16.6. The molecule has 1 amide bonds. The van der Waals surface area contributed by atoms with Crippen molar-refractivity contribution in [3.05, 3.63) is 48.2 Å². The minimum Gasteiger partial charge on any atom is -0.474 e. The minimum atomic E-state index is -0.479. The predicted octanol–water partition coefficient (Wildman–Crippen LogP) is 2.60. The summed E-state index contributed by atoms with van der Waals surface area (Å²) in [6, 6.07) is 12.2. The quantitative estimate of drug-likeness (QED) is 0.772. The number of hydrogen-bond donors (Lipinski definition) is 0. The Balaban J connectivity index is 1.42. The molecule has 0 radical (unpaired) electrons. The largest absolute Gasteiger partial charge is 0.474 e. The van der Waals surface area contributed by atoms with E-state index >= 15 is 0 Å². The first-order valence-electron chi connectivity index (χ1n) is 10.2. The maximum Gasteiger partial charge on any atom is 0.319 e. The molecular formula is C22H27N3O4. The molecule has 3 heterocycles. The van der Waals surface area contributed by atoms with Gasteiger partial charge in [0.1, 0.15) is 6.10 Å². The summed E-state index contributed by atoms with van der Waals surface area (Å²) in [6.45, 7) is 2.60. The number of methoxy groups -OCH3 is 1. The number of piperidine rings is 1. The Morgan fingerprint density at radius 2 is 1.86 bits per heavy atom. The zero-order valence-corrected chi connectivity index (χ0v) is 16.8. The maximum atomic E-state index is 13.6. The van der Waals surface area contributed by atoms with Crippen molar-refractivity contribution >= 4 is 5.91 Å². The Kier molecular flexibility index (Phi) is 5.94. The Hall–Kier alpha value is -2.67. The van der Waals surface area contributed by atoms with Crippen molar-refractivity contribution in [1.82, 2.24) is 14.9 Å². The summed E-state index contributed by atoms with van der Waals surface area (Å²) in [5, 5.41) is 0. The highest BCUT2D eigenvalue weighted by Gasteiger charge is 2.44. The molecule has 4 rings (SSSR count). The smallest absolute Gasteiger partial charge is 0.319 e.